The number of benzene rings is 1. The van der Waals surface area contributed by atoms with Gasteiger partial charge in [0, 0.05) is 37.7 Å². The van der Waals surface area contributed by atoms with Crippen LogP contribution in [-0.4, -0.2) is 54.0 Å². The predicted octanol–water partition coefficient (Wildman–Crippen LogP) is 1.04. The van der Waals surface area contributed by atoms with Crippen molar-refractivity contribution in [1.29, 1.82) is 0 Å². The van der Waals surface area contributed by atoms with Crippen molar-refractivity contribution in [2.45, 2.75) is 19.5 Å². The molecule has 1 aliphatic heterocycles. The lowest BCUT2D eigenvalue weighted by atomic mass is 10.1. The van der Waals surface area contributed by atoms with Crippen LogP contribution < -0.4 is 11.1 Å². The number of rotatable bonds is 4. The molecule has 0 bridgehead atoms. The van der Waals surface area contributed by atoms with E-state index in [0.29, 0.717) is 0 Å². The number of halogens is 1. The van der Waals surface area contributed by atoms with Crippen LogP contribution in [0.25, 0.3) is 0 Å². The lowest BCUT2D eigenvalue weighted by molar-refractivity contribution is -0.125. The standard InChI is InChI=1S/C15H21ClN4O2/c1-11(14(21)18-15(17)22)20-8-6-19(7-9-20)10-12-2-4-13(16)5-3-12/h2-5,11H,6-10H2,1H3,(H3,17,18,21,22)/t11-/m0/s1. The summed E-state index contributed by atoms with van der Waals surface area (Å²) in [6.45, 7) is 5.95. The van der Waals surface area contributed by atoms with Crippen molar-refractivity contribution in [2.24, 2.45) is 5.73 Å². The van der Waals surface area contributed by atoms with Crippen LogP contribution in [0.15, 0.2) is 24.3 Å². The summed E-state index contributed by atoms with van der Waals surface area (Å²) in [6.07, 6.45) is 0. The van der Waals surface area contributed by atoms with E-state index in [1.54, 1.807) is 6.92 Å². The first-order chi connectivity index (χ1) is 10.5. The van der Waals surface area contributed by atoms with Gasteiger partial charge in [0.25, 0.3) is 0 Å². The van der Waals surface area contributed by atoms with Gasteiger partial charge in [-0.1, -0.05) is 23.7 Å². The highest BCUT2D eigenvalue weighted by Gasteiger charge is 2.26. The Morgan fingerprint density at radius 3 is 2.36 bits per heavy atom. The van der Waals surface area contributed by atoms with E-state index in [-0.39, 0.29) is 11.9 Å². The monoisotopic (exact) mass is 324 g/mol. The highest BCUT2D eigenvalue weighted by Crippen LogP contribution is 2.13. The number of carbonyl (C=O) groups excluding carboxylic acids is 2. The fourth-order valence-electron chi connectivity index (χ4n) is 2.55. The number of hydrogen-bond donors (Lipinski definition) is 2. The van der Waals surface area contributed by atoms with Crippen molar-refractivity contribution in [1.82, 2.24) is 15.1 Å². The van der Waals surface area contributed by atoms with Crippen LogP contribution in [0.1, 0.15) is 12.5 Å². The Labute approximate surface area is 135 Å². The van der Waals surface area contributed by atoms with E-state index in [1.807, 2.05) is 24.3 Å². The van der Waals surface area contributed by atoms with Crippen molar-refractivity contribution in [2.75, 3.05) is 26.2 Å². The molecular formula is C15H21ClN4O2. The summed E-state index contributed by atoms with van der Waals surface area (Å²) in [7, 11) is 0. The Bertz CT molecular complexity index is 527. The van der Waals surface area contributed by atoms with Gasteiger partial charge in [-0.2, -0.15) is 0 Å². The molecule has 0 aromatic heterocycles. The SMILES string of the molecule is C[C@@H](C(=O)NC(N)=O)N1CCN(Cc2ccc(Cl)cc2)CC1. The molecular weight excluding hydrogens is 304 g/mol. The first kappa shape index (κ1) is 16.7. The third kappa shape index (κ3) is 4.69. The molecule has 1 aromatic rings. The van der Waals surface area contributed by atoms with Crippen molar-refractivity contribution < 1.29 is 9.59 Å². The zero-order chi connectivity index (χ0) is 16.1. The van der Waals surface area contributed by atoms with E-state index in [0.717, 1.165) is 37.7 Å². The van der Waals surface area contributed by atoms with E-state index in [9.17, 15) is 9.59 Å². The fourth-order valence-corrected chi connectivity index (χ4v) is 2.67. The van der Waals surface area contributed by atoms with E-state index in [1.165, 1.54) is 5.56 Å². The highest BCUT2D eigenvalue weighted by atomic mass is 35.5. The van der Waals surface area contributed by atoms with Gasteiger partial charge >= 0.3 is 6.03 Å². The van der Waals surface area contributed by atoms with Crippen LogP contribution in [0, 0.1) is 0 Å². The molecule has 1 saturated heterocycles. The molecule has 1 fully saturated rings. The molecule has 3 amide bonds. The number of nitrogens with zero attached hydrogens (tertiary/aromatic N) is 2. The fraction of sp³-hybridized carbons (Fsp3) is 0.467. The van der Waals surface area contributed by atoms with Crippen LogP contribution in [0.5, 0.6) is 0 Å². The van der Waals surface area contributed by atoms with Crippen LogP contribution in [-0.2, 0) is 11.3 Å². The summed E-state index contributed by atoms with van der Waals surface area (Å²) >= 11 is 5.88. The zero-order valence-corrected chi connectivity index (χ0v) is 13.3. The maximum absolute atomic E-state index is 11.8. The summed E-state index contributed by atoms with van der Waals surface area (Å²) in [5, 5.41) is 2.87. The molecule has 22 heavy (non-hydrogen) atoms. The first-order valence-corrected chi connectivity index (χ1v) is 7.64. The van der Waals surface area contributed by atoms with Gasteiger partial charge in [0.1, 0.15) is 0 Å². The molecule has 6 nitrogen and oxygen atoms in total. The van der Waals surface area contributed by atoms with Gasteiger partial charge in [0.2, 0.25) is 5.91 Å². The summed E-state index contributed by atoms with van der Waals surface area (Å²) in [4.78, 5) is 26.9. The molecule has 120 valence electrons. The zero-order valence-electron chi connectivity index (χ0n) is 12.6. The second-order valence-electron chi connectivity index (χ2n) is 5.47. The second kappa shape index (κ2) is 7.58. The van der Waals surface area contributed by atoms with Gasteiger partial charge in [0.05, 0.1) is 6.04 Å². The average Bonchev–Trinajstić information content (AvgIpc) is 2.49. The number of piperazine rings is 1. The number of hydrogen-bond acceptors (Lipinski definition) is 4. The molecule has 1 atom stereocenters. The van der Waals surface area contributed by atoms with Crippen LogP contribution >= 0.6 is 11.6 Å². The molecule has 0 unspecified atom stereocenters. The maximum atomic E-state index is 11.8. The lowest BCUT2D eigenvalue weighted by Gasteiger charge is -2.37. The van der Waals surface area contributed by atoms with Gasteiger partial charge in [0.15, 0.2) is 0 Å². The van der Waals surface area contributed by atoms with Gasteiger partial charge in [-0.05, 0) is 24.6 Å². The minimum atomic E-state index is -0.807. The number of amides is 3. The Kier molecular flexibility index (Phi) is 5.76. The Morgan fingerprint density at radius 2 is 1.82 bits per heavy atom. The van der Waals surface area contributed by atoms with Crippen molar-refractivity contribution in [3.05, 3.63) is 34.9 Å². The largest absolute Gasteiger partial charge is 0.351 e. The first-order valence-electron chi connectivity index (χ1n) is 7.27. The van der Waals surface area contributed by atoms with Crippen molar-refractivity contribution in [3.63, 3.8) is 0 Å². The van der Waals surface area contributed by atoms with E-state index in [2.05, 4.69) is 15.1 Å². The Morgan fingerprint density at radius 1 is 1.23 bits per heavy atom. The van der Waals surface area contributed by atoms with Gasteiger partial charge in [-0.15, -0.1) is 0 Å². The van der Waals surface area contributed by atoms with Crippen LogP contribution in [0.4, 0.5) is 4.79 Å². The van der Waals surface area contributed by atoms with E-state index >= 15 is 0 Å². The number of primary amides is 1. The second-order valence-corrected chi connectivity index (χ2v) is 5.90. The molecule has 7 heteroatoms. The average molecular weight is 325 g/mol. The molecule has 1 aliphatic rings. The predicted molar refractivity (Wildman–Crippen MR) is 85.5 cm³/mol. The Hall–Kier alpha value is -1.63. The van der Waals surface area contributed by atoms with Crippen molar-refractivity contribution in [3.8, 4) is 0 Å². The summed E-state index contributed by atoms with van der Waals surface area (Å²) < 4.78 is 0. The number of urea groups is 1. The van der Waals surface area contributed by atoms with Crippen molar-refractivity contribution >= 4 is 23.5 Å². The number of imide groups is 1. The summed E-state index contributed by atoms with van der Waals surface area (Å²) in [5.74, 6) is -0.348. The maximum Gasteiger partial charge on any atom is 0.318 e. The molecule has 2 rings (SSSR count). The number of carbonyl (C=O) groups is 2. The number of nitrogens with two attached hydrogens (primary N) is 1. The minimum Gasteiger partial charge on any atom is -0.351 e. The number of nitrogens with one attached hydrogen (secondary N) is 1. The van der Waals surface area contributed by atoms with E-state index in [4.69, 9.17) is 17.3 Å². The molecule has 3 N–H and O–H groups in total. The molecule has 0 aliphatic carbocycles. The van der Waals surface area contributed by atoms with Crippen LogP contribution in [0.3, 0.4) is 0 Å². The van der Waals surface area contributed by atoms with E-state index < -0.39 is 6.03 Å². The molecule has 1 heterocycles. The molecule has 0 spiro atoms. The van der Waals surface area contributed by atoms with Crippen LogP contribution in [0.2, 0.25) is 5.02 Å². The van der Waals surface area contributed by atoms with Gasteiger partial charge in [-0.25, -0.2) is 4.79 Å². The van der Waals surface area contributed by atoms with Gasteiger partial charge < -0.3 is 5.73 Å². The molecule has 1 aromatic carbocycles. The summed E-state index contributed by atoms with van der Waals surface area (Å²) in [5.41, 5.74) is 6.19. The molecule has 0 radical (unpaired) electrons. The highest BCUT2D eigenvalue weighted by molar-refractivity contribution is 6.30. The molecule has 0 saturated carbocycles. The Balaban J connectivity index is 1.81. The lowest BCUT2D eigenvalue weighted by Crippen LogP contribution is -2.54. The third-order valence-corrected chi connectivity index (χ3v) is 4.15. The smallest absolute Gasteiger partial charge is 0.318 e. The quantitative estimate of drug-likeness (QED) is 0.867. The topological polar surface area (TPSA) is 78.7 Å². The normalized spacial score (nSPS) is 17.9. The minimum absolute atomic E-state index is 0.348. The van der Waals surface area contributed by atoms with Gasteiger partial charge in [-0.3, -0.25) is 19.9 Å². The third-order valence-electron chi connectivity index (χ3n) is 3.90. The summed E-state index contributed by atoms with van der Waals surface area (Å²) in [6, 6.07) is 6.67.